The molecule has 1 aliphatic carbocycles. The van der Waals surface area contributed by atoms with Crippen molar-refractivity contribution in [2.24, 2.45) is 0 Å². The van der Waals surface area contributed by atoms with Crippen LogP contribution in [0.5, 0.6) is 0 Å². The first kappa shape index (κ1) is 12.5. The van der Waals surface area contributed by atoms with Crippen LogP contribution in [0.2, 0.25) is 0 Å². The molecule has 0 spiro atoms. The number of thiophene rings is 1. The lowest BCUT2D eigenvalue weighted by Crippen LogP contribution is -2.04. The molecule has 1 aliphatic rings. The van der Waals surface area contributed by atoms with E-state index in [1.807, 2.05) is 6.92 Å². The summed E-state index contributed by atoms with van der Waals surface area (Å²) in [5, 5.41) is 10.2. The van der Waals surface area contributed by atoms with Gasteiger partial charge in [0.25, 0.3) is 0 Å². The molecule has 2 heterocycles. The average Bonchev–Trinajstić information content (AvgIpc) is 2.87. The largest absolute Gasteiger partial charge is 0.481 e. The van der Waals surface area contributed by atoms with Gasteiger partial charge in [0.1, 0.15) is 10.7 Å². The fourth-order valence-corrected chi connectivity index (χ4v) is 4.34. The molecule has 3 rings (SSSR count). The fraction of sp³-hybridized carbons (Fsp3) is 0.500. The zero-order chi connectivity index (χ0) is 13.6. The molecule has 2 aromatic rings. The van der Waals surface area contributed by atoms with Gasteiger partial charge in [-0.15, -0.1) is 11.3 Å². The lowest BCUT2D eigenvalue weighted by atomic mass is 9.96. The maximum absolute atomic E-state index is 11.0. The van der Waals surface area contributed by atoms with Crippen LogP contribution in [0.25, 0.3) is 10.2 Å². The lowest BCUT2D eigenvalue weighted by molar-refractivity contribution is -0.137. The van der Waals surface area contributed by atoms with Crippen LogP contribution >= 0.6 is 11.3 Å². The summed E-state index contributed by atoms with van der Waals surface area (Å²) >= 11 is 1.72. The van der Waals surface area contributed by atoms with Crippen LogP contribution in [0.4, 0.5) is 0 Å². The molecule has 2 aromatic heterocycles. The second kappa shape index (κ2) is 4.56. The van der Waals surface area contributed by atoms with E-state index in [4.69, 9.17) is 5.11 Å². The minimum Gasteiger partial charge on any atom is -0.481 e. The Morgan fingerprint density at radius 1 is 1.47 bits per heavy atom. The predicted molar refractivity (Wildman–Crippen MR) is 74.8 cm³/mol. The van der Waals surface area contributed by atoms with Gasteiger partial charge >= 0.3 is 5.97 Å². The van der Waals surface area contributed by atoms with E-state index in [0.29, 0.717) is 0 Å². The summed E-state index contributed by atoms with van der Waals surface area (Å²) in [5.74, 6) is 0.222. The normalized spacial score (nSPS) is 17.9. The Hall–Kier alpha value is -1.49. The molecular formula is C14H16N2O2S. The summed E-state index contributed by atoms with van der Waals surface area (Å²) in [6, 6.07) is 0. The van der Waals surface area contributed by atoms with Gasteiger partial charge in [-0.1, -0.05) is 6.92 Å². The number of aryl methyl sites for hydroxylation is 3. The highest BCUT2D eigenvalue weighted by Crippen LogP contribution is 2.45. The van der Waals surface area contributed by atoms with E-state index in [9.17, 15) is 4.79 Å². The van der Waals surface area contributed by atoms with E-state index in [-0.39, 0.29) is 12.3 Å². The van der Waals surface area contributed by atoms with Gasteiger partial charge in [-0.2, -0.15) is 0 Å². The Morgan fingerprint density at radius 2 is 2.26 bits per heavy atom. The van der Waals surface area contributed by atoms with Gasteiger partial charge in [-0.05, 0) is 37.7 Å². The molecule has 1 atom stereocenters. The summed E-state index contributed by atoms with van der Waals surface area (Å²) in [4.78, 5) is 22.4. The summed E-state index contributed by atoms with van der Waals surface area (Å²) in [5.41, 5.74) is 2.29. The monoisotopic (exact) mass is 276 g/mol. The van der Waals surface area contributed by atoms with E-state index in [1.165, 1.54) is 10.4 Å². The zero-order valence-electron chi connectivity index (χ0n) is 11.1. The first-order chi connectivity index (χ1) is 9.10. The molecule has 0 saturated carbocycles. The van der Waals surface area contributed by atoms with E-state index < -0.39 is 5.97 Å². The summed E-state index contributed by atoms with van der Waals surface area (Å²) < 4.78 is 0. The van der Waals surface area contributed by atoms with Crippen molar-refractivity contribution in [3.63, 3.8) is 0 Å². The van der Waals surface area contributed by atoms with Gasteiger partial charge in [0.2, 0.25) is 0 Å². The van der Waals surface area contributed by atoms with Gasteiger partial charge in [-0.25, -0.2) is 9.97 Å². The number of carbonyl (C=O) groups is 1. The smallest absolute Gasteiger partial charge is 0.303 e. The quantitative estimate of drug-likeness (QED) is 0.935. The molecule has 0 aromatic carbocycles. The van der Waals surface area contributed by atoms with Crippen LogP contribution in [0.1, 0.15) is 47.6 Å². The molecule has 4 nitrogen and oxygen atoms in total. The van der Waals surface area contributed by atoms with Crippen molar-refractivity contribution >= 4 is 27.5 Å². The maximum atomic E-state index is 11.0. The van der Waals surface area contributed by atoms with E-state index in [0.717, 1.165) is 41.0 Å². The minimum absolute atomic E-state index is 0.137. The highest BCUT2D eigenvalue weighted by atomic mass is 32.1. The van der Waals surface area contributed by atoms with Crippen molar-refractivity contribution in [1.82, 2.24) is 9.97 Å². The Morgan fingerprint density at radius 3 is 2.95 bits per heavy atom. The Balaban J connectivity index is 2.20. The summed E-state index contributed by atoms with van der Waals surface area (Å²) in [6.07, 6.45) is 3.01. The molecule has 100 valence electrons. The Bertz CT molecular complexity index is 663. The number of fused-ring (bicyclic) bond motifs is 3. The van der Waals surface area contributed by atoms with Gasteiger partial charge in [0.15, 0.2) is 0 Å². The van der Waals surface area contributed by atoms with E-state index in [2.05, 4.69) is 16.9 Å². The third kappa shape index (κ3) is 2.02. The second-order valence-electron chi connectivity index (χ2n) is 5.02. The van der Waals surface area contributed by atoms with Crippen molar-refractivity contribution in [1.29, 1.82) is 0 Å². The Labute approximate surface area is 115 Å². The molecule has 0 unspecified atom stereocenters. The van der Waals surface area contributed by atoms with Crippen LogP contribution < -0.4 is 0 Å². The predicted octanol–water partition coefficient (Wildman–Crippen LogP) is 3.07. The first-order valence-corrected chi connectivity index (χ1v) is 7.42. The standard InChI is InChI=1S/C14H16N2O2S/c1-3-9-13-12-8(6-11(17)18)4-5-10(12)19-14(13)16-7(2)15-9/h8H,3-6H2,1-2H3,(H,17,18)/t8-/m1/s1. The number of carboxylic acid groups (broad SMARTS) is 1. The second-order valence-corrected chi connectivity index (χ2v) is 6.11. The van der Waals surface area contributed by atoms with Crippen molar-refractivity contribution in [2.45, 2.75) is 45.4 Å². The number of carboxylic acids is 1. The van der Waals surface area contributed by atoms with E-state index >= 15 is 0 Å². The van der Waals surface area contributed by atoms with Gasteiger partial charge < -0.3 is 5.11 Å². The third-order valence-electron chi connectivity index (χ3n) is 3.74. The molecule has 1 N–H and O–H groups in total. The Kier molecular flexibility index (Phi) is 3.01. The van der Waals surface area contributed by atoms with Crippen LogP contribution in [0.3, 0.4) is 0 Å². The van der Waals surface area contributed by atoms with Crippen molar-refractivity contribution in [2.75, 3.05) is 0 Å². The molecule has 5 heteroatoms. The zero-order valence-corrected chi connectivity index (χ0v) is 11.9. The van der Waals surface area contributed by atoms with E-state index in [1.54, 1.807) is 11.3 Å². The van der Waals surface area contributed by atoms with Crippen molar-refractivity contribution < 1.29 is 9.90 Å². The molecule has 19 heavy (non-hydrogen) atoms. The summed E-state index contributed by atoms with van der Waals surface area (Å²) in [7, 11) is 0. The highest BCUT2D eigenvalue weighted by molar-refractivity contribution is 7.18. The van der Waals surface area contributed by atoms with Crippen LogP contribution in [-0.4, -0.2) is 21.0 Å². The minimum atomic E-state index is -0.719. The summed E-state index contributed by atoms with van der Waals surface area (Å²) in [6.45, 7) is 4.00. The SMILES string of the molecule is CCc1nc(C)nc2sc3c(c12)[C@@H](CC(=O)O)CC3. The number of nitrogens with zero attached hydrogens (tertiary/aromatic N) is 2. The number of hydrogen-bond donors (Lipinski definition) is 1. The molecule has 0 saturated heterocycles. The topological polar surface area (TPSA) is 63.1 Å². The van der Waals surface area contributed by atoms with Crippen LogP contribution in [0, 0.1) is 6.92 Å². The maximum Gasteiger partial charge on any atom is 0.303 e. The highest BCUT2D eigenvalue weighted by Gasteiger charge is 2.30. The number of rotatable bonds is 3. The van der Waals surface area contributed by atoms with Crippen molar-refractivity contribution in [3.05, 3.63) is 22.0 Å². The van der Waals surface area contributed by atoms with Crippen LogP contribution in [-0.2, 0) is 17.6 Å². The van der Waals surface area contributed by atoms with Gasteiger partial charge in [0, 0.05) is 10.3 Å². The number of aromatic nitrogens is 2. The molecule has 0 fully saturated rings. The third-order valence-corrected chi connectivity index (χ3v) is 4.90. The average molecular weight is 276 g/mol. The van der Waals surface area contributed by atoms with Crippen LogP contribution in [0.15, 0.2) is 0 Å². The number of aliphatic carboxylic acids is 1. The molecular weight excluding hydrogens is 260 g/mol. The molecule has 0 aliphatic heterocycles. The lowest BCUT2D eigenvalue weighted by Gasteiger charge is -2.10. The van der Waals surface area contributed by atoms with Gasteiger partial charge in [0.05, 0.1) is 12.1 Å². The van der Waals surface area contributed by atoms with Crippen molar-refractivity contribution in [3.8, 4) is 0 Å². The number of hydrogen-bond acceptors (Lipinski definition) is 4. The molecule has 0 bridgehead atoms. The fourth-order valence-electron chi connectivity index (χ4n) is 3.00. The van der Waals surface area contributed by atoms with Gasteiger partial charge in [-0.3, -0.25) is 4.79 Å². The molecule has 0 radical (unpaired) electrons. The first-order valence-electron chi connectivity index (χ1n) is 6.60. The molecule has 0 amide bonds.